The third kappa shape index (κ3) is 4.02. The van der Waals surface area contributed by atoms with Crippen LogP contribution >= 0.6 is 11.3 Å². The number of hydrogen-bond acceptors (Lipinski definition) is 6. The molecule has 0 N–H and O–H groups in total. The number of likely N-dealkylation sites (N-methyl/N-ethyl adjacent to an activating group) is 1. The number of carbonyl (C=O) groups excluding carboxylic acids is 2. The van der Waals surface area contributed by atoms with E-state index in [2.05, 4.69) is 4.98 Å². The van der Waals surface area contributed by atoms with E-state index >= 15 is 0 Å². The molecule has 2 aromatic heterocycles. The van der Waals surface area contributed by atoms with E-state index in [0.717, 1.165) is 57.2 Å². The predicted molar refractivity (Wildman–Crippen MR) is 116 cm³/mol. The first kappa shape index (κ1) is 21.0. The van der Waals surface area contributed by atoms with Crippen molar-refractivity contribution >= 4 is 33.4 Å². The van der Waals surface area contributed by atoms with Crippen LogP contribution in [-0.2, 0) is 22.5 Å². The molecule has 162 valence electrons. The number of esters is 1. The van der Waals surface area contributed by atoms with Crippen LogP contribution < -0.4 is 5.56 Å². The number of fused-ring (bicyclic) bond motifs is 2. The molecular formula is C22H29N3O4S. The summed E-state index contributed by atoms with van der Waals surface area (Å²) in [6, 6.07) is 0.232. The van der Waals surface area contributed by atoms with Gasteiger partial charge < -0.3 is 9.64 Å². The number of thiophene rings is 1. The smallest absolute Gasteiger partial charge is 0.349 e. The van der Waals surface area contributed by atoms with Crippen molar-refractivity contribution < 1.29 is 14.3 Å². The van der Waals surface area contributed by atoms with Crippen molar-refractivity contribution in [2.75, 3.05) is 13.7 Å². The summed E-state index contributed by atoms with van der Waals surface area (Å²) >= 11 is 1.19. The maximum atomic E-state index is 13.0. The third-order valence-corrected chi connectivity index (χ3v) is 7.61. The number of hydrogen-bond donors (Lipinski definition) is 0. The minimum absolute atomic E-state index is 0.0715. The molecule has 0 radical (unpaired) electrons. The molecule has 30 heavy (non-hydrogen) atoms. The highest BCUT2D eigenvalue weighted by atomic mass is 32.1. The first-order valence-corrected chi connectivity index (χ1v) is 11.7. The number of nitrogens with zero attached hydrogens (tertiary/aromatic N) is 3. The molecule has 1 saturated carbocycles. The second kappa shape index (κ2) is 8.88. The highest BCUT2D eigenvalue weighted by molar-refractivity contribution is 7.20. The Morgan fingerprint density at radius 1 is 1.17 bits per heavy atom. The summed E-state index contributed by atoms with van der Waals surface area (Å²) in [5.74, 6) is 0.0647. The van der Waals surface area contributed by atoms with E-state index in [1.54, 1.807) is 23.4 Å². The number of amides is 1. The lowest BCUT2D eigenvalue weighted by molar-refractivity contribution is -0.135. The van der Waals surface area contributed by atoms with E-state index < -0.39 is 5.97 Å². The Labute approximate surface area is 180 Å². The Kier molecular flexibility index (Phi) is 6.22. The number of aromatic nitrogens is 2. The van der Waals surface area contributed by atoms with Gasteiger partial charge in [-0.3, -0.25) is 14.2 Å². The van der Waals surface area contributed by atoms with Crippen molar-refractivity contribution in [3.8, 4) is 0 Å². The van der Waals surface area contributed by atoms with Crippen molar-refractivity contribution in [3.05, 3.63) is 26.6 Å². The maximum Gasteiger partial charge on any atom is 0.349 e. The molecule has 3 heterocycles. The van der Waals surface area contributed by atoms with Gasteiger partial charge in [0.1, 0.15) is 15.5 Å². The van der Waals surface area contributed by atoms with Crippen LogP contribution in [0.15, 0.2) is 4.79 Å². The second-order valence-corrected chi connectivity index (χ2v) is 9.40. The fraction of sp³-hybridized carbons (Fsp3) is 0.636. The van der Waals surface area contributed by atoms with Gasteiger partial charge in [0.2, 0.25) is 0 Å². The lowest BCUT2D eigenvalue weighted by atomic mass is 9.94. The van der Waals surface area contributed by atoms with E-state index in [4.69, 9.17) is 4.74 Å². The van der Waals surface area contributed by atoms with Crippen LogP contribution in [0, 0.1) is 6.92 Å². The Hall–Kier alpha value is -2.22. The first-order valence-electron chi connectivity index (χ1n) is 10.9. The van der Waals surface area contributed by atoms with E-state index in [-0.39, 0.29) is 24.1 Å². The summed E-state index contributed by atoms with van der Waals surface area (Å²) in [6.45, 7) is 2.16. The molecule has 8 heteroatoms. The van der Waals surface area contributed by atoms with Crippen LogP contribution in [-0.4, -0.2) is 46.0 Å². The van der Waals surface area contributed by atoms with Crippen LogP contribution in [0.4, 0.5) is 0 Å². The number of ether oxygens (including phenoxy) is 1. The van der Waals surface area contributed by atoms with Gasteiger partial charge in [-0.05, 0) is 38.2 Å². The summed E-state index contributed by atoms with van der Waals surface area (Å²) in [6.07, 6.45) is 9.36. The summed E-state index contributed by atoms with van der Waals surface area (Å²) in [5, 5.41) is 0.503. The van der Waals surface area contributed by atoms with Gasteiger partial charge in [-0.15, -0.1) is 11.3 Å². The molecule has 1 aliphatic carbocycles. The van der Waals surface area contributed by atoms with Crippen molar-refractivity contribution in [3.63, 3.8) is 0 Å². The van der Waals surface area contributed by atoms with Crippen molar-refractivity contribution in [2.45, 2.75) is 77.3 Å². The highest BCUT2D eigenvalue weighted by Crippen LogP contribution is 2.29. The maximum absolute atomic E-state index is 13.0. The average Bonchev–Trinajstić information content (AvgIpc) is 2.93. The standard InChI is InChI=1S/C22H29N3O4S/c1-14-18-20(23-16-11-7-4-8-12-25(16)21(18)27)30-19(14)22(28)29-13-17(26)24(2)15-9-5-3-6-10-15/h15H,3-13H2,1-2H3. The number of carbonyl (C=O) groups is 2. The molecule has 0 atom stereocenters. The van der Waals surface area contributed by atoms with Gasteiger partial charge in [0.15, 0.2) is 6.61 Å². The van der Waals surface area contributed by atoms with Gasteiger partial charge in [0, 0.05) is 26.1 Å². The van der Waals surface area contributed by atoms with Gasteiger partial charge in [0.05, 0.1) is 5.39 Å². The molecule has 0 bridgehead atoms. The molecule has 1 fully saturated rings. The Morgan fingerprint density at radius 2 is 1.90 bits per heavy atom. The van der Waals surface area contributed by atoms with Crippen molar-refractivity contribution in [2.24, 2.45) is 0 Å². The van der Waals surface area contributed by atoms with E-state index in [9.17, 15) is 14.4 Å². The van der Waals surface area contributed by atoms with Gasteiger partial charge in [-0.1, -0.05) is 25.7 Å². The Bertz CT molecular complexity index is 1020. The summed E-state index contributed by atoms with van der Waals surface area (Å²) < 4.78 is 7.10. The molecule has 2 aromatic rings. The van der Waals surface area contributed by atoms with Crippen LogP contribution in [0.2, 0.25) is 0 Å². The van der Waals surface area contributed by atoms with Crippen LogP contribution in [0.3, 0.4) is 0 Å². The molecule has 4 rings (SSSR count). The van der Waals surface area contributed by atoms with Gasteiger partial charge >= 0.3 is 5.97 Å². The summed E-state index contributed by atoms with van der Waals surface area (Å²) in [5.41, 5.74) is 0.530. The largest absolute Gasteiger partial charge is 0.451 e. The highest BCUT2D eigenvalue weighted by Gasteiger charge is 2.26. The zero-order valence-electron chi connectivity index (χ0n) is 17.7. The lowest BCUT2D eigenvalue weighted by Gasteiger charge is -2.31. The fourth-order valence-electron chi connectivity index (χ4n) is 4.57. The lowest BCUT2D eigenvalue weighted by Crippen LogP contribution is -2.40. The SMILES string of the molecule is Cc1c(C(=O)OCC(=O)N(C)C2CCCCC2)sc2nc3n(c(=O)c12)CCCCC3. The zero-order valence-corrected chi connectivity index (χ0v) is 18.6. The van der Waals surface area contributed by atoms with Crippen molar-refractivity contribution in [1.82, 2.24) is 14.5 Å². The Balaban J connectivity index is 1.51. The third-order valence-electron chi connectivity index (χ3n) is 6.44. The fourth-order valence-corrected chi connectivity index (χ4v) is 5.66. The van der Waals surface area contributed by atoms with Crippen molar-refractivity contribution in [1.29, 1.82) is 0 Å². The second-order valence-electron chi connectivity index (χ2n) is 8.40. The van der Waals surface area contributed by atoms with Gasteiger partial charge in [-0.2, -0.15) is 0 Å². The van der Waals surface area contributed by atoms with E-state index in [0.29, 0.717) is 27.2 Å². The van der Waals surface area contributed by atoms with Gasteiger partial charge in [0.25, 0.3) is 11.5 Å². The molecular weight excluding hydrogens is 402 g/mol. The van der Waals surface area contributed by atoms with E-state index in [1.165, 1.54) is 17.8 Å². The molecule has 0 aromatic carbocycles. The molecule has 7 nitrogen and oxygen atoms in total. The first-order chi connectivity index (χ1) is 14.5. The molecule has 1 amide bonds. The normalized spacial score (nSPS) is 17.4. The van der Waals surface area contributed by atoms with E-state index in [1.807, 2.05) is 0 Å². The molecule has 2 aliphatic rings. The predicted octanol–water partition coefficient (Wildman–Crippen LogP) is 3.44. The molecule has 0 unspecified atom stereocenters. The summed E-state index contributed by atoms with van der Waals surface area (Å²) in [7, 11) is 1.79. The van der Waals surface area contributed by atoms with Crippen LogP contribution in [0.1, 0.15) is 72.4 Å². The number of rotatable bonds is 4. The summed E-state index contributed by atoms with van der Waals surface area (Å²) in [4.78, 5) is 45.6. The Morgan fingerprint density at radius 3 is 2.67 bits per heavy atom. The topological polar surface area (TPSA) is 81.5 Å². The zero-order chi connectivity index (χ0) is 21.3. The average molecular weight is 432 g/mol. The van der Waals surface area contributed by atoms with Crippen LogP contribution in [0.25, 0.3) is 10.2 Å². The minimum atomic E-state index is -0.555. The quantitative estimate of drug-likeness (QED) is 0.693. The number of aryl methyl sites for hydroxylation is 2. The van der Waals surface area contributed by atoms with Crippen LogP contribution in [0.5, 0.6) is 0 Å². The van der Waals surface area contributed by atoms with Gasteiger partial charge in [-0.25, -0.2) is 9.78 Å². The molecule has 0 saturated heterocycles. The monoisotopic (exact) mass is 431 g/mol. The molecule has 0 spiro atoms. The minimum Gasteiger partial charge on any atom is -0.451 e. The molecule has 1 aliphatic heterocycles.